The Hall–Kier alpha value is -2.88. The van der Waals surface area contributed by atoms with Crippen LogP contribution in [-0.4, -0.2) is 16.1 Å². The minimum absolute atomic E-state index is 0.384. The van der Waals surface area contributed by atoms with Gasteiger partial charge in [-0.15, -0.1) is 0 Å². The maximum absolute atomic E-state index is 11.5. The van der Waals surface area contributed by atoms with Gasteiger partial charge in [0, 0.05) is 5.39 Å². The van der Waals surface area contributed by atoms with Crippen LogP contribution in [0.1, 0.15) is 36.4 Å². The van der Waals surface area contributed by atoms with Crippen LogP contribution in [0.15, 0.2) is 60.7 Å². The smallest absolute Gasteiger partial charge is 0.310 e. The molecule has 0 radical (unpaired) electrons. The largest absolute Gasteiger partial charge is 0.487 e. The lowest BCUT2D eigenvalue weighted by molar-refractivity contribution is -0.139. The topological polar surface area (TPSA) is 59.4 Å². The molecule has 1 aliphatic carbocycles. The third-order valence-corrected chi connectivity index (χ3v) is 4.89. The van der Waals surface area contributed by atoms with Crippen LogP contribution < -0.4 is 4.74 Å². The van der Waals surface area contributed by atoms with Crippen molar-refractivity contribution in [3.05, 3.63) is 71.9 Å². The first-order chi connectivity index (χ1) is 12.7. The number of rotatable bonds is 7. The number of hydrogen-bond donors (Lipinski definition) is 1. The van der Waals surface area contributed by atoms with Crippen molar-refractivity contribution in [2.75, 3.05) is 0 Å². The number of fused-ring (bicyclic) bond motifs is 1. The number of carbonyl (C=O) groups is 1. The van der Waals surface area contributed by atoms with Crippen LogP contribution in [0, 0.1) is 5.92 Å². The number of aliphatic carboxylic acids is 1. The van der Waals surface area contributed by atoms with E-state index in [0.29, 0.717) is 12.5 Å². The molecule has 4 heteroatoms. The molecule has 1 aliphatic rings. The molecule has 1 atom stereocenters. The van der Waals surface area contributed by atoms with E-state index in [2.05, 4.69) is 4.98 Å². The standard InChI is InChI=1S/C22H21NO3/c24-22(25)20(13-15-5-6-15)16-8-11-19(12-9-16)26-14-18-10-7-17-3-1-2-4-21(17)23-18/h1-4,7-12,15,20H,5-6,13-14H2,(H,24,25). The Balaban J connectivity index is 1.42. The van der Waals surface area contributed by atoms with Crippen molar-refractivity contribution < 1.29 is 14.6 Å². The van der Waals surface area contributed by atoms with E-state index in [9.17, 15) is 9.90 Å². The quantitative estimate of drug-likeness (QED) is 0.668. The molecule has 0 spiro atoms. The highest BCUT2D eigenvalue weighted by molar-refractivity contribution is 5.78. The van der Waals surface area contributed by atoms with Gasteiger partial charge in [-0.2, -0.15) is 0 Å². The third-order valence-electron chi connectivity index (χ3n) is 4.89. The zero-order valence-electron chi connectivity index (χ0n) is 14.5. The van der Waals surface area contributed by atoms with Gasteiger partial charge in [0.1, 0.15) is 12.4 Å². The van der Waals surface area contributed by atoms with Gasteiger partial charge in [-0.05, 0) is 42.2 Å². The summed E-state index contributed by atoms with van der Waals surface area (Å²) < 4.78 is 5.82. The molecule has 0 bridgehead atoms. The van der Waals surface area contributed by atoms with Crippen molar-refractivity contribution in [2.45, 2.75) is 31.8 Å². The van der Waals surface area contributed by atoms with Crippen LogP contribution in [-0.2, 0) is 11.4 Å². The fourth-order valence-electron chi connectivity index (χ4n) is 3.21. The SMILES string of the molecule is O=C(O)C(CC1CC1)c1ccc(OCc2ccc3ccccc3n2)cc1. The van der Waals surface area contributed by atoms with E-state index in [1.165, 1.54) is 0 Å². The molecule has 0 aliphatic heterocycles. The first-order valence-electron chi connectivity index (χ1n) is 8.99. The average Bonchev–Trinajstić information content (AvgIpc) is 3.49. The van der Waals surface area contributed by atoms with Gasteiger partial charge in [0.2, 0.25) is 0 Å². The second-order valence-electron chi connectivity index (χ2n) is 6.92. The number of aromatic nitrogens is 1. The number of ether oxygens (including phenoxy) is 1. The van der Waals surface area contributed by atoms with E-state index >= 15 is 0 Å². The van der Waals surface area contributed by atoms with Crippen molar-refractivity contribution in [3.8, 4) is 5.75 Å². The van der Waals surface area contributed by atoms with Crippen LogP contribution in [0.4, 0.5) is 0 Å². The van der Waals surface area contributed by atoms with Crippen LogP contribution in [0.2, 0.25) is 0 Å². The normalized spacial score (nSPS) is 14.9. The molecule has 1 unspecified atom stereocenters. The van der Waals surface area contributed by atoms with Crippen LogP contribution in [0.25, 0.3) is 10.9 Å². The van der Waals surface area contributed by atoms with Gasteiger partial charge in [0.15, 0.2) is 0 Å². The lowest BCUT2D eigenvalue weighted by Crippen LogP contribution is -2.12. The number of benzene rings is 2. The first kappa shape index (κ1) is 16.6. The molecule has 1 fully saturated rings. The Kier molecular flexibility index (Phi) is 4.57. The maximum atomic E-state index is 11.5. The molecule has 1 saturated carbocycles. The van der Waals surface area contributed by atoms with Crippen LogP contribution in [0.3, 0.4) is 0 Å². The number of hydrogen-bond acceptors (Lipinski definition) is 3. The van der Waals surface area contributed by atoms with E-state index in [-0.39, 0.29) is 0 Å². The summed E-state index contributed by atoms with van der Waals surface area (Å²) in [5, 5.41) is 10.6. The zero-order chi connectivity index (χ0) is 17.9. The van der Waals surface area contributed by atoms with E-state index in [4.69, 9.17) is 4.74 Å². The number of carboxylic acid groups (broad SMARTS) is 1. The summed E-state index contributed by atoms with van der Waals surface area (Å²) in [6.07, 6.45) is 3.05. The van der Waals surface area contributed by atoms with E-state index in [1.807, 2.05) is 60.7 Å². The molecular formula is C22H21NO3. The number of para-hydroxylation sites is 1. The minimum Gasteiger partial charge on any atom is -0.487 e. The highest BCUT2D eigenvalue weighted by Gasteiger charge is 2.30. The highest BCUT2D eigenvalue weighted by atomic mass is 16.5. The monoisotopic (exact) mass is 347 g/mol. The number of carboxylic acids is 1. The summed E-state index contributed by atoms with van der Waals surface area (Å²) in [5.41, 5.74) is 2.67. The van der Waals surface area contributed by atoms with Gasteiger partial charge in [-0.25, -0.2) is 4.98 Å². The zero-order valence-corrected chi connectivity index (χ0v) is 14.5. The predicted octanol–water partition coefficient (Wildman–Crippen LogP) is 4.78. The summed E-state index contributed by atoms with van der Waals surface area (Å²) in [5.74, 6) is 0.134. The summed E-state index contributed by atoms with van der Waals surface area (Å²) in [6, 6.07) is 19.4. The Labute approximate surface area is 152 Å². The molecule has 26 heavy (non-hydrogen) atoms. The third kappa shape index (κ3) is 3.85. The van der Waals surface area contributed by atoms with Crippen molar-refractivity contribution in [1.29, 1.82) is 0 Å². The van der Waals surface area contributed by atoms with Crippen LogP contribution in [0.5, 0.6) is 5.75 Å². The molecule has 0 amide bonds. The Morgan fingerprint density at radius 2 is 1.85 bits per heavy atom. The number of nitrogens with zero attached hydrogens (tertiary/aromatic N) is 1. The van der Waals surface area contributed by atoms with Gasteiger partial charge in [-0.3, -0.25) is 4.79 Å². The highest BCUT2D eigenvalue weighted by Crippen LogP contribution is 2.39. The second-order valence-corrected chi connectivity index (χ2v) is 6.92. The molecule has 0 saturated heterocycles. The average molecular weight is 347 g/mol. The molecule has 2 aromatic carbocycles. The molecule has 1 aromatic heterocycles. The van der Waals surface area contributed by atoms with Crippen molar-refractivity contribution >= 4 is 16.9 Å². The van der Waals surface area contributed by atoms with Gasteiger partial charge in [0.05, 0.1) is 17.1 Å². The second kappa shape index (κ2) is 7.16. The summed E-state index contributed by atoms with van der Waals surface area (Å²) in [4.78, 5) is 16.1. The summed E-state index contributed by atoms with van der Waals surface area (Å²) >= 11 is 0. The van der Waals surface area contributed by atoms with Crippen molar-refractivity contribution in [3.63, 3.8) is 0 Å². The molecule has 3 aromatic rings. The Morgan fingerprint density at radius 3 is 2.58 bits per heavy atom. The molecule has 132 valence electrons. The summed E-state index contributed by atoms with van der Waals surface area (Å²) in [6.45, 7) is 0.384. The Bertz CT molecular complexity index is 916. The molecule has 1 heterocycles. The van der Waals surface area contributed by atoms with E-state index in [1.54, 1.807) is 0 Å². The van der Waals surface area contributed by atoms with Gasteiger partial charge in [-0.1, -0.05) is 49.2 Å². The van der Waals surface area contributed by atoms with Gasteiger partial charge >= 0.3 is 5.97 Å². The molecule has 4 rings (SSSR count). The van der Waals surface area contributed by atoms with Crippen LogP contribution >= 0.6 is 0 Å². The van der Waals surface area contributed by atoms with Crippen molar-refractivity contribution in [2.24, 2.45) is 5.92 Å². The predicted molar refractivity (Wildman–Crippen MR) is 100 cm³/mol. The fraction of sp³-hybridized carbons (Fsp3) is 0.273. The lowest BCUT2D eigenvalue weighted by atomic mass is 9.93. The molecule has 4 nitrogen and oxygen atoms in total. The minimum atomic E-state index is -0.745. The van der Waals surface area contributed by atoms with E-state index < -0.39 is 11.9 Å². The Morgan fingerprint density at radius 1 is 1.08 bits per heavy atom. The van der Waals surface area contributed by atoms with Gasteiger partial charge in [0.25, 0.3) is 0 Å². The number of pyridine rings is 1. The van der Waals surface area contributed by atoms with Crippen molar-refractivity contribution in [1.82, 2.24) is 4.98 Å². The summed E-state index contributed by atoms with van der Waals surface area (Å²) in [7, 11) is 0. The van der Waals surface area contributed by atoms with Gasteiger partial charge < -0.3 is 9.84 Å². The lowest BCUT2D eigenvalue weighted by Gasteiger charge is -2.13. The molecular weight excluding hydrogens is 326 g/mol. The first-order valence-corrected chi connectivity index (χ1v) is 8.99. The molecule has 1 N–H and O–H groups in total. The van der Waals surface area contributed by atoms with E-state index in [0.717, 1.165) is 47.2 Å². The maximum Gasteiger partial charge on any atom is 0.310 e. The fourth-order valence-corrected chi connectivity index (χ4v) is 3.21.